The summed E-state index contributed by atoms with van der Waals surface area (Å²) in [6, 6.07) is 11.8. The van der Waals surface area contributed by atoms with Gasteiger partial charge in [0.2, 0.25) is 12.3 Å². The molecule has 0 bridgehead atoms. The van der Waals surface area contributed by atoms with E-state index in [4.69, 9.17) is 9.26 Å². The lowest BCUT2D eigenvalue weighted by molar-refractivity contribution is -0.107. The number of carbonyl (C=O) groups excluding carboxylic acids is 2. The second-order valence-corrected chi connectivity index (χ2v) is 7.47. The van der Waals surface area contributed by atoms with Crippen molar-refractivity contribution in [2.24, 2.45) is 0 Å². The average Bonchev–Trinajstić information content (AvgIpc) is 3.21. The van der Waals surface area contributed by atoms with Crippen LogP contribution in [0.4, 0.5) is 11.6 Å². The van der Waals surface area contributed by atoms with Gasteiger partial charge in [-0.15, -0.1) is 0 Å². The summed E-state index contributed by atoms with van der Waals surface area (Å²) < 4.78 is 11.1. The number of hydrogen-bond donors (Lipinski definition) is 2. The second-order valence-electron chi connectivity index (χ2n) is 7.47. The topological polar surface area (TPSA) is 110 Å². The summed E-state index contributed by atoms with van der Waals surface area (Å²) in [5, 5.41) is 7.79. The Bertz CT molecular complexity index is 1040. The first-order valence-electron chi connectivity index (χ1n) is 9.24. The lowest BCUT2D eigenvalue weighted by atomic mass is 9.92. The molecule has 0 atom stereocenters. The molecule has 156 valence electrons. The Morgan fingerprint density at radius 1 is 1.17 bits per heavy atom. The van der Waals surface area contributed by atoms with E-state index in [1.807, 2.05) is 20.8 Å². The van der Waals surface area contributed by atoms with E-state index in [9.17, 15) is 9.59 Å². The third-order valence-corrected chi connectivity index (χ3v) is 4.14. The first-order valence-corrected chi connectivity index (χ1v) is 9.24. The van der Waals surface area contributed by atoms with Gasteiger partial charge in [-0.2, -0.15) is 0 Å². The molecular formula is C21H23N5O4. The molecule has 30 heavy (non-hydrogen) atoms. The maximum atomic E-state index is 11.7. The number of benzene rings is 1. The van der Waals surface area contributed by atoms with Crippen LogP contribution >= 0.6 is 0 Å². The molecule has 2 aromatic heterocycles. The molecule has 0 radical (unpaired) electrons. The monoisotopic (exact) mass is 409 g/mol. The number of hydrogen-bond acceptors (Lipinski definition) is 7. The molecule has 2 heterocycles. The van der Waals surface area contributed by atoms with Crippen LogP contribution in [0, 0.1) is 0 Å². The third kappa shape index (κ3) is 4.93. The summed E-state index contributed by atoms with van der Waals surface area (Å²) >= 11 is 0. The number of hydrazine groups is 1. The Hall–Kier alpha value is -3.88. The van der Waals surface area contributed by atoms with Gasteiger partial charge in [0.05, 0.1) is 11.4 Å². The lowest BCUT2D eigenvalue weighted by Crippen LogP contribution is -2.27. The molecule has 2 N–H and O–H groups in total. The maximum Gasteiger partial charge on any atom is 0.269 e. The van der Waals surface area contributed by atoms with Crippen LogP contribution in [-0.2, 0) is 10.2 Å². The summed E-state index contributed by atoms with van der Waals surface area (Å²) in [7, 11) is 1.53. The zero-order chi connectivity index (χ0) is 21.7. The van der Waals surface area contributed by atoms with E-state index in [0.717, 1.165) is 5.69 Å². The van der Waals surface area contributed by atoms with Crippen LogP contribution in [0.25, 0.3) is 0 Å². The highest BCUT2D eigenvalue weighted by Crippen LogP contribution is 2.27. The minimum Gasteiger partial charge on any atom is -0.457 e. The Balaban J connectivity index is 1.77. The van der Waals surface area contributed by atoms with E-state index in [1.165, 1.54) is 24.3 Å². The van der Waals surface area contributed by atoms with Gasteiger partial charge in [-0.25, -0.2) is 5.01 Å². The molecule has 2 amide bonds. The minimum absolute atomic E-state index is 0.179. The third-order valence-electron chi connectivity index (χ3n) is 4.14. The van der Waals surface area contributed by atoms with Crippen LogP contribution in [0.3, 0.4) is 0 Å². The molecule has 9 nitrogen and oxygen atoms in total. The summed E-state index contributed by atoms with van der Waals surface area (Å²) in [4.78, 5) is 27.4. The summed E-state index contributed by atoms with van der Waals surface area (Å²) in [5.74, 6) is 0.939. The van der Waals surface area contributed by atoms with Crippen LogP contribution in [-0.4, -0.2) is 29.5 Å². The first kappa shape index (κ1) is 20.8. The Kier molecular flexibility index (Phi) is 6.01. The summed E-state index contributed by atoms with van der Waals surface area (Å²) in [5.41, 5.74) is 4.22. The molecule has 0 spiro atoms. The average molecular weight is 409 g/mol. The van der Waals surface area contributed by atoms with Gasteiger partial charge in [-0.3, -0.25) is 20.0 Å². The first-order chi connectivity index (χ1) is 14.3. The number of anilines is 2. The SMILES string of the molecule is CNC(=O)c1cc(Oc2cccc(N(C=O)Nc3cc(C(C)(C)C)no3)c2)ccn1. The number of carbonyl (C=O) groups is 2. The summed E-state index contributed by atoms with van der Waals surface area (Å²) in [6.45, 7) is 6.05. The van der Waals surface area contributed by atoms with E-state index in [0.29, 0.717) is 29.5 Å². The highest BCUT2D eigenvalue weighted by atomic mass is 16.5. The fraction of sp³-hybridized carbons (Fsp3) is 0.238. The predicted octanol–water partition coefficient (Wildman–Crippen LogP) is 3.51. The number of amides is 2. The normalized spacial score (nSPS) is 10.9. The van der Waals surface area contributed by atoms with Crippen molar-refractivity contribution in [1.29, 1.82) is 0 Å². The largest absolute Gasteiger partial charge is 0.457 e. The fourth-order valence-corrected chi connectivity index (χ4v) is 2.51. The van der Waals surface area contributed by atoms with Crippen LogP contribution in [0.2, 0.25) is 0 Å². The van der Waals surface area contributed by atoms with E-state index >= 15 is 0 Å². The number of pyridine rings is 1. The molecule has 0 unspecified atom stereocenters. The van der Waals surface area contributed by atoms with Crippen molar-refractivity contribution in [2.45, 2.75) is 26.2 Å². The lowest BCUT2D eigenvalue weighted by Gasteiger charge is -2.18. The van der Waals surface area contributed by atoms with Crippen LogP contribution < -0.4 is 20.5 Å². The van der Waals surface area contributed by atoms with E-state index in [2.05, 4.69) is 20.9 Å². The molecule has 0 aliphatic rings. The van der Waals surface area contributed by atoms with E-state index < -0.39 is 0 Å². The number of rotatable bonds is 7. The Morgan fingerprint density at radius 2 is 1.93 bits per heavy atom. The highest BCUT2D eigenvalue weighted by Gasteiger charge is 2.20. The smallest absolute Gasteiger partial charge is 0.269 e. The maximum absolute atomic E-state index is 11.7. The second kappa shape index (κ2) is 8.64. The Morgan fingerprint density at radius 3 is 2.60 bits per heavy atom. The van der Waals surface area contributed by atoms with Crippen molar-refractivity contribution in [3.05, 3.63) is 60.0 Å². The van der Waals surface area contributed by atoms with E-state index in [1.54, 1.807) is 36.4 Å². The predicted molar refractivity (Wildman–Crippen MR) is 112 cm³/mol. The Labute approximate surface area is 174 Å². The zero-order valence-corrected chi connectivity index (χ0v) is 17.2. The van der Waals surface area contributed by atoms with E-state index in [-0.39, 0.29) is 17.0 Å². The van der Waals surface area contributed by atoms with Gasteiger partial charge < -0.3 is 14.6 Å². The molecule has 3 aromatic rings. The van der Waals surface area contributed by atoms with Gasteiger partial charge in [-0.1, -0.05) is 32.0 Å². The van der Waals surface area contributed by atoms with Crippen molar-refractivity contribution >= 4 is 23.9 Å². The van der Waals surface area contributed by atoms with Crippen molar-refractivity contribution in [3.8, 4) is 11.5 Å². The molecule has 0 fully saturated rings. The molecule has 1 aromatic carbocycles. The number of ether oxygens (including phenoxy) is 1. The zero-order valence-electron chi connectivity index (χ0n) is 17.2. The molecule has 9 heteroatoms. The molecule has 0 aliphatic heterocycles. The van der Waals surface area contributed by atoms with Crippen LogP contribution in [0.5, 0.6) is 11.5 Å². The molecule has 0 saturated carbocycles. The van der Waals surface area contributed by atoms with Crippen molar-refractivity contribution in [1.82, 2.24) is 15.5 Å². The van der Waals surface area contributed by atoms with Gasteiger partial charge >= 0.3 is 0 Å². The molecule has 3 rings (SSSR count). The van der Waals surface area contributed by atoms with Crippen LogP contribution in [0.15, 0.2) is 53.2 Å². The van der Waals surface area contributed by atoms with Crippen LogP contribution in [0.1, 0.15) is 37.0 Å². The van der Waals surface area contributed by atoms with Gasteiger partial charge in [0.1, 0.15) is 17.2 Å². The quantitative estimate of drug-likeness (QED) is 0.454. The number of aromatic nitrogens is 2. The van der Waals surface area contributed by atoms with Gasteiger partial charge in [0.25, 0.3) is 5.91 Å². The highest BCUT2D eigenvalue weighted by molar-refractivity contribution is 5.92. The van der Waals surface area contributed by atoms with Gasteiger partial charge in [-0.05, 0) is 18.2 Å². The molecule has 0 saturated heterocycles. The number of nitrogens with zero attached hydrogens (tertiary/aromatic N) is 3. The van der Waals surface area contributed by atoms with Crippen molar-refractivity contribution < 1.29 is 18.8 Å². The molecule has 0 aliphatic carbocycles. The standard InChI is InChI=1S/C21H23N5O4/c1-21(2,3)18-12-19(30-25-18)24-26(13-27)14-6-5-7-15(10-14)29-16-8-9-23-17(11-16)20(28)22-4/h5-13,24H,1-4H3,(H,22,28). The molecular weight excluding hydrogens is 386 g/mol. The summed E-state index contributed by atoms with van der Waals surface area (Å²) in [6.07, 6.45) is 2.11. The minimum atomic E-state index is -0.313. The van der Waals surface area contributed by atoms with Gasteiger partial charge in [0.15, 0.2) is 0 Å². The fourth-order valence-electron chi connectivity index (χ4n) is 2.51. The number of nitrogens with one attached hydrogen (secondary N) is 2. The van der Waals surface area contributed by atoms with Crippen molar-refractivity contribution in [2.75, 3.05) is 17.5 Å². The van der Waals surface area contributed by atoms with Gasteiger partial charge in [0, 0.05) is 36.9 Å². The van der Waals surface area contributed by atoms with Crippen molar-refractivity contribution in [3.63, 3.8) is 0 Å².